The van der Waals surface area contributed by atoms with Crippen molar-refractivity contribution in [1.29, 1.82) is 5.26 Å². The van der Waals surface area contributed by atoms with Gasteiger partial charge in [-0.1, -0.05) is 0 Å². The molecule has 20 heavy (non-hydrogen) atoms. The smallest absolute Gasteiger partial charge is 0.306 e. The second-order valence-corrected chi connectivity index (χ2v) is 4.67. The van der Waals surface area contributed by atoms with Crippen LogP contribution in [0.15, 0.2) is 18.2 Å². The quantitative estimate of drug-likeness (QED) is 0.665. The second kappa shape index (κ2) is 5.57. The summed E-state index contributed by atoms with van der Waals surface area (Å²) in [6.45, 7) is 0.874. The van der Waals surface area contributed by atoms with Crippen LogP contribution >= 0.6 is 0 Å². The molecule has 0 saturated carbocycles. The molecule has 1 N–H and O–H groups in total. The van der Waals surface area contributed by atoms with Crippen LogP contribution in [0.4, 0.5) is 11.4 Å². The van der Waals surface area contributed by atoms with Crippen molar-refractivity contribution in [2.24, 2.45) is 5.92 Å². The minimum Gasteiger partial charge on any atom is -0.481 e. The van der Waals surface area contributed by atoms with Gasteiger partial charge >= 0.3 is 5.97 Å². The maximum Gasteiger partial charge on any atom is 0.306 e. The van der Waals surface area contributed by atoms with Gasteiger partial charge < -0.3 is 10.0 Å². The van der Waals surface area contributed by atoms with E-state index in [1.54, 1.807) is 4.90 Å². The van der Waals surface area contributed by atoms with Gasteiger partial charge in [-0.2, -0.15) is 5.26 Å². The van der Waals surface area contributed by atoms with E-state index in [-0.39, 0.29) is 5.69 Å². The highest BCUT2D eigenvalue weighted by atomic mass is 16.6. The van der Waals surface area contributed by atoms with Crippen molar-refractivity contribution in [2.75, 3.05) is 18.0 Å². The van der Waals surface area contributed by atoms with Crippen LogP contribution in [0.3, 0.4) is 0 Å². The third-order valence-electron chi connectivity index (χ3n) is 3.49. The van der Waals surface area contributed by atoms with Gasteiger partial charge in [0.25, 0.3) is 5.69 Å². The van der Waals surface area contributed by atoms with Crippen molar-refractivity contribution < 1.29 is 14.8 Å². The third kappa shape index (κ3) is 2.69. The number of nitrogens with zero attached hydrogens (tertiary/aromatic N) is 3. The van der Waals surface area contributed by atoms with Crippen LogP contribution in [0.5, 0.6) is 0 Å². The van der Waals surface area contributed by atoms with Crippen LogP contribution in [-0.4, -0.2) is 29.1 Å². The maximum absolute atomic E-state index is 11.0. The molecule has 1 fully saturated rings. The van der Waals surface area contributed by atoms with Gasteiger partial charge in [0.1, 0.15) is 5.69 Å². The number of carboxylic acid groups (broad SMARTS) is 1. The number of benzene rings is 1. The Bertz CT molecular complexity index is 586. The second-order valence-electron chi connectivity index (χ2n) is 4.67. The van der Waals surface area contributed by atoms with Gasteiger partial charge in [0, 0.05) is 19.2 Å². The number of nitro benzene ring substituents is 1. The molecule has 7 nitrogen and oxygen atoms in total. The van der Waals surface area contributed by atoms with Crippen LogP contribution in [0.1, 0.15) is 18.4 Å². The molecule has 0 unspecified atom stereocenters. The summed E-state index contributed by atoms with van der Waals surface area (Å²) in [5.74, 6) is -1.23. The molecule has 1 aromatic carbocycles. The highest BCUT2D eigenvalue weighted by Crippen LogP contribution is 2.32. The van der Waals surface area contributed by atoms with Gasteiger partial charge in [-0.25, -0.2) is 0 Å². The summed E-state index contributed by atoms with van der Waals surface area (Å²) < 4.78 is 0. The van der Waals surface area contributed by atoms with E-state index in [0.29, 0.717) is 37.2 Å². The van der Waals surface area contributed by atoms with E-state index >= 15 is 0 Å². The van der Waals surface area contributed by atoms with E-state index in [4.69, 9.17) is 10.4 Å². The number of hydrogen-bond donors (Lipinski definition) is 1. The molecule has 1 aliphatic heterocycles. The number of hydrogen-bond acceptors (Lipinski definition) is 5. The van der Waals surface area contributed by atoms with Gasteiger partial charge in [-0.05, 0) is 25.0 Å². The Balaban J connectivity index is 2.26. The number of carboxylic acids is 1. The molecule has 1 saturated heterocycles. The summed E-state index contributed by atoms with van der Waals surface area (Å²) >= 11 is 0. The molecule has 0 radical (unpaired) electrons. The van der Waals surface area contributed by atoms with Gasteiger partial charge in [0.2, 0.25) is 0 Å². The van der Waals surface area contributed by atoms with E-state index < -0.39 is 16.8 Å². The number of anilines is 1. The Morgan fingerprint density at radius 3 is 2.60 bits per heavy atom. The molecular weight excluding hydrogens is 262 g/mol. The number of carbonyl (C=O) groups is 1. The molecule has 1 aromatic rings. The summed E-state index contributed by atoms with van der Waals surface area (Å²) in [5, 5.41) is 28.9. The Kier molecular flexibility index (Phi) is 3.84. The highest BCUT2D eigenvalue weighted by Gasteiger charge is 2.28. The van der Waals surface area contributed by atoms with Crippen LogP contribution in [0.2, 0.25) is 0 Å². The molecule has 1 aliphatic rings. The first kappa shape index (κ1) is 13.8. The molecule has 0 spiro atoms. The fourth-order valence-electron chi connectivity index (χ4n) is 2.37. The normalized spacial score (nSPS) is 15.7. The van der Waals surface area contributed by atoms with E-state index in [1.165, 1.54) is 18.2 Å². The molecular formula is C13H13N3O4. The standard InChI is InChI=1S/C13H13N3O4/c14-8-9-1-2-11(16(19)20)12(7-9)15-5-3-10(4-6-15)13(17)18/h1-2,7,10H,3-6H2,(H,17,18). The predicted octanol–water partition coefficient (Wildman–Crippen LogP) is 1.77. The zero-order valence-corrected chi connectivity index (χ0v) is 10.7. The minimum absolute atomic E-state index is 0.0576. The number of nitriles is 1. The third-order valence-corrected chi connectivity index (χ3v) is 3.49. The number of rotatable bonds is 3. The van der Waals surface area contributed by atoms with Crippen LogP contribution < -0.4 is 4.90 Å². The lowest BCUT2D eigenvalue weighted by Crippen LogP contribution is -2.36. The fourth-order valence-corrected chi connectivity index (χ4v) is 2.37. The van der Waals surface area contributed by atoms with Crippen molar-refractivity contribution in [3.63, 3.8) is 0 Å². The summed E-state index contributed by atoms with van der Waals surface area (Å²) in [4.78, 5) is 23.2. The summed E-state index contributed by atoms with van der Waals surface area (Å²) in [5.41, 5.74) is 0.682. The lowest BCUT2D eigenvalue weighted by atomic mass is 9.96. The average Bonchev–Trinajstić information content (AvgIpc) is 2.46. The zero-order valence-electron chi connectivity index (χ0n) is 10.7. The first-order valence-electron chi connectivity index (χ1n) is 6.19. The highest BCUT2D eigenvalue weighted by molar-refractivity contribution is 5.71. The Morgan fingerprint density at radius 2 is 2.10 bits per heavy atom. The topological polar surface area (TPSA) is 107 Å². The maximum atomic E-state index is 11.0. The van der Waals surface area contributed by atoms with E-state index in [9.17, 15) is 14.9 Å². The van der Waals surface area contributed by atoms with E-state index in [1.807, 2.05) is 6.07 Å². The van der Waals surface area contributed by atoms with Crippen LogP contribution in [-0.2, 0) is 4.79 Å². The molecule has 2 rings (SSSR count). The monoisotopic (exact) mass is 275 g/mol. The fraction of sp³-hybridized carbons (Fsp3) is 0.385. The SMILES string of the molecule is N#Cc1ccc([N+](=O)[O-])c(N2CCC(C(=O)O)CC2)c1. The lowest BCUT2D eigenvalue weighted by Gasteiger charge is -2.31. The summed E-state index contributed by atoms with van der Waals surface area (Å²) in [6.07, 6.45) is 0.895. The van der Waals surface area contributed by atoms with Gasteiger partial charge in [-0.3, -0.25) is 14.9 Å². The number of nitro groups is 1. The largest absolute Gasteiger partial charge is 0.481 e. The van der Waals surface area contributed by atoms with Crippen molar-refractivity contribution in [2.45, 2.75) is 12.8 Å². The van der Waals surface area contributed by atoms with Crippen LogP contribution in [0, 0.1) is 27.4 Å². The molecule has 0 amide bonds. The molecule has 1 heterocycles. The van der Waals surface area contributed by atoms with Crippen LogP contribution in [0.25, 0.3) is 0 Å². The van der Waals surface area contributed by atoms with Crippen molar-refractivity contribution >= 4 is 17.3 Å². The van der Waals surface area contributed by atoms with Gasteiger partial charge in [0.05, 0.1) is 22.5 Å². The molecule has 0 atom stereocenters. The van der Waals surface area contributed by atoms with Crippen molar-refractivity contribution in [3.8, 4) is 6.07 Å². The Labute approximate surface area is 115 Å². The van der Waals surface area contributed by atoms with E-state index in [2.05, 4.69) is 0 Å². The first-order chi connectivity index (χ1) is 9.52. The lowest BCUT2D eigenvalue weighted by molar-refractivity contribution is -0.384. The summed E-state index contributed by atoms with van der Waals surface area (Å²) in [6, 6.07) is 6.17. The number of piperidine rings is 1. The van der Waals surface area contributed by atoms with Crippen molar-refractivity contribution in [1.82, 2.24) is 0 Å². The van der Waals surface area contributed by atoms with Gasteiger partial charge in [-0.15, -0.1) is 0 Å². The predicted molar refractivity (Wildman–Crippen MR) is 70.4 cm³/mol. The van der Waals surface area contributed by atoms with E-state index in [0.717, 1.165) is 0 Å². The molecule has 104 valence electrons. The average molecular weight is 275 g/mol. The molecule has 7 heteroatoms. The minimum atomic E-state index is -0.829. The Morgan fingerprint density at radius 1 is 1.45 bits per heavy atom. The zero-order chi connectivity index (χ0) is 14.7. The van der Waals surface area contributed by atoms with Crippen molar-refractivity contribution in [3.05, 3.63) is 33.9 Å². The number of aliphatic carboxylic acids is 1. The molecule has 0 aliphatic carbocycles. The van der Waals surface area contributed by atoms with Gasteiger partial charge in [0.15, 0.2) is 0 Å². The molecule has 0 aromatic heterocycles. The summed E-state index contributed by atoms with van der Waals surface area (Å²) in [7, 11) is 0. The molecule has 0 bridgehead atoms. The first-order valence-corrected chi connectivity index (χ1v) is 6.19. The Hall–Kier alpha value is -2.62.